The Kier molecular flexibility index (Phi) is 5.23. The molecule has 0 saturated heterocycles. The molecule has 1 fully saturated rings. The van der Waals surface area contributed by atoms with Crippen molar-refractivity contribution in [2.24, 2.45) is 5.92 Å². The number of benzene rings is 1. The lowest BCUT2D eigenvalue weighted by Crippen LogP contribution is -2.07. The molecule has 1 nitrogen and oxygen atoms in total. The van der Waals surface area contributed by atoms with Gasteiger partial charge in [0.2, 0.25) is 0 Å². The van der Waals surface area contributed by atoms with Crippen LogP contribution in [-0.4, -0.2) is 19.0 Å². The van der Waals surface area contributed by atoms with E-state index in [1.54, 1.807) is 0 Å². The van der Waals surface area contributed by atoms with E-state index in [4.69, 9.17) is 4.74 Å². The van der Waals surface area contributed by atoms with Crippen LogP contribution >= 0.6 is 11.8 Å². The molecular formula is C14H20OS. The van der Waals surface area contributed by atoms with Crippen molar-refractivity contribution in [3.63, 3.8) is 0 Å². The van der Waals surface area contributed by atoms with Crippen LogP contribution in [0.1, 0.15) is 25.7 Å². The van der Waals surface area contributed by atoms with Crippen LogP contribution in [0, 0.1) is 5.92 Å². The smallest absolute Gasteiger partial charge is 0.0560 e. The highest BCUT2D eigenvalue weighted by molar-refractivity contribution is 7.99. The quantitative estimate of drug-likeness (QED) is 0.545. The molecule has 0 amide bonds. The van der Waals surface area contributed by atoms with Gasteiger partial charge in [-0.2, -0.15) is 0 Å². The maximum atomic E-state index is 5.72. The Balaban J connectivity index is 1.52. The fourth-order valence-electron chi connectivity index (χ4n) is 2.16. The molecule has 1 aromatic rings. The van der Waals surface area contributed by atoms with Gasteiger partial charge in [0.15, 0.2) is 0 Å². The van der Waals surface area contributed by atoms with Gasteiger partial charge in [0.25, 0.3) is 0 Å². The number of ether oxygens (including phenoxy) is 1. The molecule has 0 atom stereocenters. The van der Waals surface area contributed by atoms with Crippen molar-refractivity contribution in [1.29, 1.82) is 0 Å². The van der Waals surface area contributed by atoms with Crippen LogP contribution in [0.5, 0.6) is 0 Å². The van der Waals surface area contributed by atoms with Crippen molar-refractivity contribution in [1.82, 2.24) is 0 Å². The summed E-state index contributed by atoms with van der Waals surface area (Å²) >= 11 is 1.88. The molecule has 2 rings (SSSR count). The van der Waals surface area contributed by atoms with Crippen LogP contribution in [0.3, 0.4) is 0 Å². The van der Waals surface area contributed by atoms with Crippen molar-refractivity contribution in [2.45, 2.75) is 30.6 Å². The molecule has 0 aliphatic heterocycles. The monoisotopic (exact) mass is 236 g/mol. The van der Waals surface area contributed by atoms with Gasteiger partial charge in [-0.25, -0.2) is 0 Å². The van der Waals surface area contributed by atoms with Gasteiger partial charge in [0, 0.05) is 17.3 Å². The van der Waals surface area contributed by atoms with Gasteiger partial charge in [0.1, 0.15) is 0 Å². The molecule has 88 valence electrons. The fourth-order valence-corrected chi connectivity index (χ4v) is 2.95. The van der Waals surface area contributed by atoms with Gasteiger partial charge in [-0.15, -0.1) is 11.8 Å². The second-order valence-corrected chi connectivity index (χ2v) is 5.56. The molecule has 0 spiro atoms. The first kappa shape index (κ1) is 12.0. The van der Waals surface area contributed by atoms with Crippen molar-refractivity contribution in [3.8, 4) is 0 Å². The number of rotatable bonds is 6. The Hall–Kier alpha value is -0.470. The summed E-state index contributed by atoms with van der Waals surface area (Å²) in [5.41, 5.74) is 0. The van der Waals surface area contributed by atoms with E-state index in [0.29, 0.717) is 0 Å². The van der Waals surface area contributed by atoms with E-state index >= 15 is 0 Å². The highest BCUT2D eigenvalue weighted by atomic mass is 32.2. The summed E-state index contributed by atoms with van der Waals surface area (Å²) in [5.74, 6) is 1.92. The minimum Gasteiger partial charge on any atom is -0.380 e. The van der Waals surface area contributed by atoms with Crippen LogP contribution in [0.2, 0.25) is 0 Å². The first-order valence-corrected chi connectivity index (χ1v) is 7.19. The highest BCUT2D eigenvalue weighted by Gasteiger charge is 2.14. The minimum absolute atomic E-state index is 0.849. The molecule has 0 aromatic heterocycles. The topological polar surface area (TPSA) is 9.23 Å². The first-order valence-electron chi connectivity index (χ1n) is 6.21. The number of hydrogen-bond acceptors (Lipinski definition) is 2. The van der Waals surface area contributed by atoms with Gasteiger partial charge in [0.05, 0.1) is 6.61 Å². The first-order chi connectivity index (χ1) is 7.95. The third kappa shape index (κ3) is 4.18. The zero-order chi connectivity index (χ0) is 11.1. The second-order valence-electron chi connectivity index (χ2n) is 4.39. The number of hydrogen-bond donors (Lipinski definition) is 0. The Morgan fingerprint density at radius 1 is 1.12 bits per heavy atom. The van der Waals surface area contributed by atoms with E-state index in [-0.39, 0.29) is 0 Å². The Labute approximate surface area is 103 Å². The predicted octanol–water partition coefficient (Wildman–Crippen LogP) is 3.99. The van der Waals surface area contributed by atoms with E-state index in [2.05, 4.69) is 30.3 Å². The van der Waals surface area contributed by atoms with Gasteiger partial charge in [-0.1, -0.05) is 31.0 Å². The predicted molar refractivity (Wildman–Crippen MR) is 69.9 cm³/mol. The molecule has 1 aliphatic rings. The Morgan fingerprint density at radius 2 is 1.88 bits per heavy atom. The third-order valence-electron chi connectivity index (χ3n) is 3.07. The van der Waals surface area contributed by atoms with Gasteiger partial charge in [-0.05, 0) is 30.9 Å². The fraction of sp³-hybridized carbons (Fsp3) is 0.571. The SMILES string of the molecule is c1ccc(SCCOCC2CCCC2)cc1. The molecule has 16 heavy (non-hydrogen) atoms. The molecule has 0 bridgehead atoms. The molecule has 0 heterocycles. The molecule has 1 aliphatic carbocycles. The molecular weight excluding hydrogens is 216 g/mol. The summed E-state index contributed by atoms with van der Waals surface area (Å²) in [5, 5.41) is 0. The molecule has 1 aromatic carbocycles. The van der Waals surface area contributed by atoms with Gasteiger partial charge >= 0.3 is 0 Å². The summed E-state index contributed by atoms with van der Waals surface area (Å²) in [6, 6.07) is 10.5. The summed E-state index contributed by atoms with van der Waals surface area (Å²) in [7, 11) is 0. The molecule has 0 unspecified atom stereocenters. The molecule has 0 radical (unpaired) electrons. The summed E-state index contributed by atoms with van der Waals surface area (Å²) < 4.78 is 5.72. The van der Waals surface area contributed by atoms with E-state index < -0.39 is 0 Å². The lowest BCUT2D eigenvalue weighted by Gasteiger charge is -2.09. The van der Waals surface area contributed by atoms with Gasteiger partial charge in [-0.3, -0.25) is 0 Å². The summed E-state index contributed by atoms with van der Waals surface area (Å²) in [6.07, 6.45) is 5.58. The van der Waals surface area contributed by atoms with Crippen molar-refractivity contribution in [2.75, 3.05) is 19.0 Å². The maximum absolute atomic E-state index is 5.72. The van der Waals surface area contributed by atoms with Crippen molar-refractivity contribution in [3.05, 3.63) is 30.3 Å². The number of thioether (sulfide) groups is 1. The maximum Gasteiger partial charge on any atom is 0.0560 e. The van der Waals surface area contributed by atoms with Crippen LogP contribution in [0.15, 0.2) is 35.2 Å². The third-order valence-corrected chi connectivity index (χ3v) is 4.04. The van der Waals surface area contributed by atoms with Gasteiger partial charge < -0.3 is 4.74 Å². The summed E-state index contributed by atoms with van der Waals surface area (Å²) in [6.45, 7) is 1.87. The second kappa shape index (κ2) is 6.97. The van der Waals surface area contributed by atoms with Crippen LogP contribution in [-0.2, 0) is 4.74 Å². The largest absolute Gasteiger partial charge is 0.380 e. The van der Waals surface area contributed by atoms with E-state index in [1.807, 2.05) is 11.8 Å². The normalized spacial score (nSPS) is 16.8. The van der Waals surface area contributed by atoms with Crippen molar-refractivity contribution >= 4 is 11.8 Å². The highest BCUT2D eigenvalue weighted by Crippen LogP contribution is 2.24. The molecule has 2 heteroatoms. The summed E-state index contributed by atoms with van der Waals surface area (Å²) in [4.78, 5) is 1.34. The zero-order valence-corrected chi connectivity index (χ0v) is 10.5. The standard InChI is InChI=1S/C14H20OS/c1-2-8-14(9-3-1)16-11-10-15-12-13-6-4-5-7-13/h1-3,8-9,13H,4-7,10-12H2. The van der Waals surface area contributed by atoms with E-state index in [0.717, 1.165) is 24.9 Å². The Bertz CT molecular complexity index is 280. The van der Waals surface area contributed by atoms with Crippen LogP contribution < -0.4 is 0 Å². The average Bonchev–Trinajstić information content (AvgIpc) is 2.83. The average molecular weight is 236 g/mol. The minimum atomic E-state index is 0.849. The van der Waals surface area contributed by atoms with E-state index in [9.17, 15) is 0 Å². The lowest BCUT2D eigenvalue weighted by atomic mass is 10.1. The van der Waals surface area contributed by atoms with Crippen LogP contribution in [0.25, 0.3) is 0 Å². The van der Waals surface area contributed by atoms with Crippen LogP contribution in [0.4, 0.5) is 0 Å². The molecule has 0 N–H and O–H groups in total. The van der Waals surface area contributed by atoms with Crippen molar-refractivity contribution < 1.29 is 4.74 Å². The van der Waals surface area contributed by atoms with E-state index in [1.165, 1.54) is 30.6 Å². The lowest BCUT2D eigenvalue weighted by molar-refractivity contribution is 0.114. The Morgan fingerprint density at radius 3 is 2.62 bits per heavy atom. The zero-order valence-electron chi connectivity index (χ0n) is 9.73. The molecule has 1 saturated carbocycles.